The van der Waals surface area contributed by atoms with E-state index in [-0.39, 0.29) is 0 Å². The van der Waals surface area contributed by atoms with Crippen LogP contribution in [0.15, 0.2) is 30.3 Å². The Bertz CT molecular complexity index is 728. The van der Waals surface area contributed by atoms with Gasteiger partial charge in [0.15, 0.2) is 0 Å². The van der Waals surface area contributed by atoms with E-state index >= 15 is 0 Å². The zero-order valence-corrected chi connectivity index (χ0v) is 20.1. The molecule has 0 aromatic heterocycles. The van der Waals surface area contributed by atoms with E-state index in [1.807, 2.05) is 0 Å². The average Bonchev–Trinajstić information content (AvgIpc) is 2.78. The van der Waals surface area contributed by atoms with E-state index in [4.69, 9.17) is 21.1 Å². The lowest BCUT2D eigenvalue weighted by Crippen LogP contribution is -2.04. The molecule has 0 radical (unpaired) electrons. The molecular weight excluding hydrogens is 392 g/mol. The van der Waals surface area contributed by atoms with Crippen LogP contribution in [-0.2, 0) is 6.42 Å². The number of halogens is 1. The van der Waals surface area contributed by atoms with Crippen molar-refractivity contribution in [3.8, 4) is 11.5 Å². The standard InChI is InChI=1S/C27H41ClO2/c1-4-7-8-9-10-14-20-30-27-22(5-2)21-26(24-17-11-12-18-25(24)27)29-19-15-13-16-23(28)6-3/h11-12,17-18,21,23H,4-10,13-16,19-20H2,1-3H3. The molecule has 0 amide bonds. The lowest BCUT2D eigenvalue weighted by molar-refractivity contribution is 0.299. The number of rotatable bonds is 16. The summed E-state index contributed by atoms with van der Waals surface area (Å²) in [5, 5.41) is 2.61. The lowest BCUT2D eigenvalue weighted by atomic mass is 10.0. The minimum atomic E-state index is 0.292. The largest absolute Gasteiger partial charge is 0.493 e. The fourth-order valence-corrected chi connectivity index (χ4v) is 3.99. The minimum absolute atomic E-state index is 0.292. The Balaban J connectivity index is 1.99. The molecule has 0 bridgehead atoms. The number of hydrogen-bond acceptors (Lipinski definition) is 2. The molecule has 0 aliphatic heterocycles. The molecule has 0 spiro atoms. The molecule has 1 atom stereocenters. The third-order valence-electron chi connectivity index (χ3n) is 5.77. The molecule has 2 aromatic carbocycles. The van der Waals surface area contributed by atoms with E-state index in [9.17, 15) is 0 Å². The van der Waals surface area contributed by atoms with E-state index in [1.54, 1.807) is 0 Å². The average molecular weight is 433 g/mol. The summed E-state index contributed by atoms with van der Waals surface area (Å²) in [5.74, 6) is 2.02. The van der Waals surface area contributed by atoms with Gasteiger partial charge in [0.25, 0.3) is 0 Å². The van der Waals surface area contributed by atoms with Gasteiger partial charge in [-0.05, 0) is 50.2 Å². The second kappa shape index (κ2) is 14.6. The lowest BCUT2D eigenvalue weighted by Gasteiger charge is -2.17. The van der Waals surface area contributed by atoms with Crippen LogP contribution >= 0.6 is 11.6 Å². The van der Waals surface area contributed by atoms with Gasteiger partial charge in [0, 0.05) is 16.1 Å². The van der Waals surface area contributed by atoms with Crippen molar-refractivity contribution < 1.29 is 9.47 Å². The summed E-state index contributed by atoms with van der Waals surface area (Å²) in [7, 11) is 0. The second-order valence-electron chi connectivity index (χ2n) is 8.23. The fourth-order valence-electron chi connectivity index (χ4n) is 3.83. The Kier molecular flexibility index (Phi) is 12.1. The van der Waals surface area contributed by atoms with Crippen molar-refractivity contribution in [2.45, 2.75) is 96.8 Å². The van der Waals surface area contributed by atoms with Gasteiger partial charge >= 0.3 is 0 Å². The molecule has 0 aliphatic rings. The first-order valence-corrected chi connectivity index (χ1v) is 12.6. The van der Waals surface area contributed by atoms with E-state index in [1.165, 1.54) is 43.1 Å². The molecule has 2 rings (SSSR count). The van der Waals surface area contributed by atoms with Gasteiger partial charge in [-0.2, -0.15) is 0 Å². The van der Waals surface area contributed by atoms with Crippen molar-refractivity contribution in [2.75, 3.05) is 13.2 Å². The molecule has 0 saturated heterocycles. The van der Waals surface area contributed by atoms with Gasteiger partial charge in [-0.1, -0.05) is 77.1 Å². The van der Waals surface area contributed by atoms with Gasteiger partial charge in [-0.15, -0.1) is 11.6 Å². The van der Waals surface area contributed by atoms with Gasteiger partial charge in [-0.3, -0.25) is 0 Å². The Morgan fingerprint density at radius 3 is 2.20 bits per heavy atom. The predicted molar refractivity (Wildman–Crippen MR) is 131 cm³/mol. The SMILES string of the molecule is CCCCCCCCOc1c(CC)cc(OCCCCC(Cl)CC)c2ccccc12. The first-order chi connectivity index (χ1) is 14.7. The van der Waals surface area contributed by atoms with Crippen LogP contribution in [0.3, 0.4) is 0 Å². The zero-order chi connectivity index (χ0) is 21.6. The summed E-state index contributed by atoms with van der Waals surface area (Å²) in [6, 6.07) is 10.7. The van der Waals surface area contributed by atoms with Crippen molar-refractivity contribution in [1.29, 1.82) is 0 Å². The number of hydrogen-bond donors (Lipinski definition) is 0. The van der Waals surface area contributed by atoms with Gasteiger partial charge in [0.05, 0.1) is 13.2 Å². The van der Waals surface area contributed by atoms with Crippen LogP contribution in [0.1, 0.15) is 90.5 Å². The highest BCUT2D eigenvalue weighted by Gasteiger charge is 2.13. The van der Waals surface area contributed by atoms with Crippen LogP contribution in [-0.4, -0.2) is 18.6 Å². The Labute approximate surface area is 189 Å². The molecule has 0 heterocycles. The van der Waals surface area contributed by atoms with E-state index in [2.05, 4.69) is 51.1 Å². The molecule has 0 saturated carbocycles. The fraction of sp³-hybridized carbons (Fsp3) is 0.630. The first-order valence-electron chi connectivity index (χ1n) is 12.1. The van der Waals surface area contributed by atoms with Crippen LogP contribution in [0, 0.1) is 0 Å². The number of alkyl halides is 1. The number of fused-ring (bicyclic) bond motifs is 1. The molecule has 2 nitrogen and oxygen atoms in total. The van der Waals surface area contributed by atoms with Crippen molar-refractivity contribution in [2.24, 2.45) is 0 Å². The molecule has 2 aromatic rings. The molecule has 0 N–H and O–H groups in total. The van der Waals surface area contributed by atoms with Crippen LogP contribution in [0.25, 0.3) is 10.8 Å². The summed E-state index contributed by atoms with van der Waals surface area (Å²) in [6.45, 7) is 8.12. The summed E-state index contributed by atoms with van der Waals surface area (Å²) in [4.78, 5) is 0. The highest BCUT2D eigenvalue weighted by Crippen LogP contribution is 2.37. The first kappa shape index (κ1) is 24.9. The summed E-state index contributed by atoms with van der Waals surface area (Å²) in [5.41, 5.74) is 1.24. The highest BCUT2D eigenvalue weighted by molar-refractivity contribution is 6.20. The molecule has 1 unspecified atom stereocenters. The molecule has 3 heteroatoms. The maximum Gasteiger partial charge on any atom is 0.130 e. The Morgan fingerprint density at radius 1 is 0.800 bits per heavy atom. The van der Waals surface area contributed by atoms with E-state index in [0.29, 0.717) is 5.38 Å². The summed E-state index contributed by atoms with van der Waals surface area (Å²) in [6.07, 6.45) is 12.9. The molecule has 30 heavy (non-hydrogen) atoms. The topological polar surface area (TPSA) is 18.5 Å². The number of ether oxygens (including phenoxy) is 2. The van der Waals surface area contributed by atoms with Gasteiger partial charge in [-0.25, -0.2) is 0 Å². The number of unbranched alkanes of at least 4 members (excludes halogenated alkanes) is 6. The molecular formula is C27H41ClO2. The van der Waals surface area contributed by atoms with Crippen LogP contribution in [0.4, 0.5) is 0 Å². The van der Waals surface area contributed by atoms with Crippen molar-refractivity contribution in [3.05, 3.63) is 35.9 Å². The van der Waals surface area contributed by atoms with E-state index in [0.717, 1.165) is 68.6 Å². The monoisotopic (exact) mass is 432 g/mol. The normalized spacial score (nSPS) is 12.3. The van der Waals surface area contributed by atoms with Crippen LogP contribution in [0.5, 0.6) is 11.5 Å². The van der Waals surface area contributed by atoms with Crippen molar-refractivity contribution >= 4 is 22.4 Å². The van der Waals surface area contributed by atoms with Crippen LogP contribution < -0.4 is 9.47 Å². The molecule has 0 fully saturated rings. The Morgan fingerprint density at radius 2 is 1.47 bits per heavy atom. The quantitative estimate of drug-likeness (QED) is 0.195. The maximum absolute atomic E-state index is 6.31. The van der Waals surface area contributed by atoms with Crippen molar-refractivity contribution in [3.63, 3.8) is 0 Å². The third kappa shape index (κ3) is 8.02. The summed E-state index contributed by atoms with van der Waals surface area (Å²) < 4.78 is 12.5. The van der Waals surface area contributed by atoms with E-state index < -0.39 is 0 Å². The zero-order valence-electron chi connectivity index (χ0n) is 19.4. The maximum atomic E-state index is 6.31. The molecule has 168 valence electrons. The van der Waals surface area contributed by atoms with Crippen molar-refractivity contribution in [1.82, 2.24) is 0 Å². The Hall–Kier alpha value is -1.41. The molecule has 0 aliphatic carbocycles. The third-order valence-corrected chi connectivity index (χ3v) is 6.30. The summed E-state index contributed by atoms with van der Waals surface area (Å²) >= 11 is 6.23. The van der Waals surface area contributed by atoms with Gasteiger partial charge in [0.2, 0.25) is 0 Å². The predicted octanol–water partition coefficient (Wildman–Crippen LogP) is 8.71. The smallest absolute Gasteiger partial charge is 0.130 e. The van der Waals surface area contributed by atoms with Gasteiger partial charge < -0.3 is 9.47 Å². The number of aryl methyl sites for hydroxylation is 1. The van der Waals surface area contributed by atoms with Gasteiger partial charge in [0.1, 0.15) is 11.5 Å². The highest BCUT2D eigenvalue weighted by atomic mass is 35.5. The second-order valence-corrected chi connectivity index (χ2v) is 8.85. The van der Waals surface area contributed by atoms with Crippen LogP contribution in [0.2, 0.25) is 0 Å². The number of benzene rings is 2. The minimum Gasteiger partial charge on any atom is -0.493 e.